The fourth-order valence-corrected chi connectivity index (χ4v) is 4.70. The van der Waals surface area contributed by atoms with E-state index >= 15 is 0 Å². The highest BCUT2D eigenvalue weighted by atomic mass is 32.2. The van der Waals surface area contributed by atoms with Crippen molar-refractivity contribution < 1.29 is 32.6 Å². The molecule has 1 aliphatic rings. The average Bonchev–Trinajstić information content (AvgIpc) is 2.84. The second-order valence-electron chi connectivity index (χ2n) is 10.8. The van der Waals surface area contributed by atoms with Crippen LogP contribution in [0.2, 0.25) is 0 Å². The van der Waals surface area contributed by atoms with Gasteiger partial charge in [-0.25, -0.2) is 17.5 Å². The van der Waals surface area contributed by atoms with Gasteiger partial charge in [-0.1, -0.05) is 6.92 Å². The number of urea groups is 1. The number of amides is 3. The second kappa shape index (κ2) is 14.8. The summed E-state index contributed by atoms with van der Waals surface area (Å²) in [6.45, 7) is 9.82. The Labute approximate surface area is 233 Å². The van der Waals surface area contributed by atoms with E-state index in [9.17, 15) is 23.1 Å². The fourth-order valence-electron chi connectivity index (χ4n) is 4.28. The molecule has 0 saturated heterocycles. The lowest BCUT2D eigenvalue weighted by Crippen LogP contribution is -2.48. The zero-order valence-corrected chi connectivity index (χ0v) is 25.1. The Morgan fingerprint density at radius 3 is 2.54 bits per heavy atom. The van der Waals surface area contributed by atoms with E-state index in [1.807, 2.05) is 27.7 Å². The number of fused-ring (bicyclic) bond motifs is 1. The van der Waals surface area contributed by atoms with Gasteiger partial charge >= 0.3 is 6.03 Å². The number of sulfonamides is 1. The molecule has 0 spiro atoms. The molecule has 2 rings (SSSR count). The first kappa shape index (κ1) is 32.8. The molecule has 39 heavy (non-hydrogen) atoms. The number of likely N-dealkylation sites (N-methyl/N-ethyl adjacent to an activating group) is 1. The molecule has 0 fully saturated rings. The van der Waals surface area contributed by atoms with E-state index in [1.54, 1.807) is 30.0 Å². The van der Waals surface area contributed by atoms with Crippen LogP contribution < -0.4 is 15.4 Å². The van der Waals surface area contributed by atoms with Crippen LogP contribution >= 0.6 is 0 Å². The third-order valence-corrected chi connectivity index (χ3v) is 8.01. The molecule has 0 unspecified atom stereocenters. The number of rotatable bonds is 7. The number of hydrogen-bond acceptors (Lipinski definition) is 7. The predicted molar refractivity (Wildman–Crippen MR) is 152 cm³/mol. The first-order chi connectivity index (χ1) is 18.2. The number of nitrogens with zero attached hydrogens (tertiary/aromatic N) is 2. The Morgan fingerprint density at radius 2 is 1.92 bits per heavy atom. The molecule has 11 nitrogen and oxygen atoms in total. The van der Waals surface area contributed by atoms with Crippen molar-refractivity contribution in [2.45, 2.75) is 78.2 Å². The Balaban J connectivity index is 2.49. The van der Waals surface area contributed by atoms with E-state index in [0.717, 1.165) is 25.5 Å². The minimum absolute atomic E-state index is 0.0626. The summed E-state index contributed by atoms with van der Waals surface area (Å²) in [5, 5.41) is 15.5. The molecule has 3 N–H and O–H groups in total. The van der Waals surface area contributed by atoms with Gasteiger partial charge in [-0.15, -0.1) is 0 Å². The molecule has 0 bridgehead atoms. The third-order valence-electron chi connectivity index (χ3n) is 6.73. The predicted octanol–water partition coefficient (Wildman–Crippen LogP) is 2.90. The molecule has 4 atom stereocenters. The van der Waals surface area contributed by atoms with E-state index in [2.05, 4.69) is 10.6 Å². The average molecular weight is 571 g/mol. The van der Waals surface area contributed by atoms with Gasteiger partial charge < -0.3 is 30.1 Å². The molecular formula is C27H46N4O7S. The van der Waals surface area contributed by atoms with Gasteiger partial charge in [0.15, 0.2) is 0 Å². The van der Waals surface area contributed by atoms with Crippen molar-refractivity contribution in [3.05, 3.63) is 23.8 Å². The smallest absolute Gasteiger partial charge is 0.319 e. The Kier molecular flexibility index (Phi) is 12.5. The van der Waals surface area contributed by atoms with Gasteiger partial charge in [0.2, 0.25) is 10.0 Å². The Morgan fingerprint density at radius 1 is 1.23 bits per heavy atom. The maximum atomic E-state index is 14.0. The standard InChI is InChI=1S/C27H46N4O7S/c1-18(2)28-27(34)29-22-11-12-24-23(14-22)26(33)31(20(4)17-32)15-19(3)25(16-30(6)39(7,35)36)37-13-9-8-10-21(5)38-24/h11-12,14,18-21,25,32H,8-10,13,15-17H2,1-7H3,(H2,28,29,34)/t19-,20+,21-,25-/m1/s1. The van der Waals surface area contributed by atoms with E-state index in [1.165, 1.54) is 11.4 Å². The number of aliphatic hydroxyl groups is 1. The van der Waals surface area contributed by atoms with Crippen LogP contribution in [0, 0.1) is 5.92 Å². The molecule has 1 aliphatic heterocycles. The van der Waals surface area contributed by atoms with Crippen molar-refractivity contribution in [2.75, 3.05) is 44.9 Å². The highest BCUT2D eigenvalue weighted by molar-refractivity contribution is 7.88. The van der Waals surface area contributed by atoms with E-state index in [4.69, 9.17) is 9.47 Å². The van der Waals surface area contributed by atoms with Gasteiger partial charge in [-0.3, -0.25) is 4.79 Å². The summed E-state index contributed by atoms with van der Waals surface area (Å²) < 4.78 is 37.8. The quantitative estimate of drug-likeness (QED) is 0.458. The molecule has 12 heteroatoms. The lowest BCUT2D eigenvalue weighted by molar-refractivity contribution is -0.00828. The summed E-state index contributed by atoms with van der Waals surface area (Å²) in [6.07, 6.45) is 2.84. The van der Waals surface area contributed by atoms with Gasteiger partial charge in [0, 0.05) is 44.4 Å². The van der Waals surface area contributed by atoms with E-state index in [0.29, 0.717) is 18.0 Å². The third kappa shape index (κ3) is 10.3. The van der Waals surface area contributed by atoms with Crippen molar-refractivity contribution in [1.82, 2.24) is 14.5 Å². The zero-order chi connectivity index (χ0) is 29.3. The summed E-state index contributed by atoms with van der Waals surface area (Å²) in [5.41, 5.74) is 0.692. The number of carbonyl (C=O) groups is 2. The molecule has 3 amide bonds. The molecule has 1 heterocycles. The molecule has 0 aliphatic carbocycles. The van der Waals surface area contributed by atoms with E-state index < -0.39 is 28.2 Å². The van der Waals surface area contributed by atoms with Crippen molar-refractivity contribution in [3.63, 3.8) is 0 Å². The van der Waals surface area contributed by atoms with Crippen LogP contribution in [0.15, 0.2) is 18.2 Å². The highest BCUT2D eigenvalue weighted by Crippen LogP contribution is 2.28. The number of hydrogen-bond donors (Lipinski definition) is 3. The number of anilines is 1. The molecule has 0 saturated carbocycles. The summed E-state index contributed by atoms with van der Waals surface area (Å²) in [6, 6.07) is 3.97. The summed E-state index contributed by atoms with van der Waals surface area (Å²) in [4.78, 5) is 27.9. The van der Waals surface area contributed by atoms with E-state index in [-0.39, 0.29) is 49.2 Å². The van der Waals surface area contributed by atoms with Gasteiger partial charge in [-0.05, 0) is 65.2 Å². The van der Waals surface area contributed by atoms with Crippen LogP contribution in [0.3, 0.4) is 0 Å². The van der Waals surface area contributed by atoms with Crippen LogP contribution in [0.4, 0.5) is 10.5 Å². The number of aliphatic hydroxyl groups excluding tert-OH is 1. The largest absolute Gasteiger partial charge is 0.490 e. The van der Waals surface area contributed by atoms with Crippen LogP contribution in [-0.4, -0.2) is 98.6 Å². The van der Waals surface area contributed by atoms with Crippen LogP contribution in [0.5, 0.6) is 5.75 Å². The number of carbonyl (C=O) groups excluding carboxylic acids is 2. The molecule has 222 valence electrons. The minimum Gasteiger partial charge on any atom is -0.490 e. The molecule has 1 aromatic rings. The first-order valence-corrected chi connectivity index (χ1v) is 15.4. The SMILES string of the molecule is CC(C)NC(=O)Nc1ccc2c(c1)C(=O)N([C@@H](C)CO)C[C@@H](C)[C@@H](CN(C)S(C)(=O)=O)OCCCC[C@@H](C)O2. The lowest BCUT2D eigenvalue weighted by atomic mass is 10.0. The summed E-state index contributed by atoms with van der Waals surface area (Å²) in [5.74, 6) is -0.228. The number of benzene rings is 1. The molecule has 0 radical (unpaired) electrons. The second-order valence-corrected chi connectivity index (χ2v) is 12.9. The van der Waals surface area contributed by atoms with Gasteiger partial charge in [-0.2, -0.15) is 0 Å². The van der Waals surface area contributed by atoms with Gasteiger partial charge in [0.25, 0.3) is 5.91 Å². The van der Waals surface area contributed by atoms with Gasteiger partial charge in [0.1, 0.15) is 5.75 Å². The molecule has 0 aromatic heterocycles. The van der Waals surface area contributed by atoms with Crippen molar-refractivity contribution in [3.8, 4) is 5.75 Å². The molecule has 1 aromatic carbocycles. The van der Waals surface area contributed by atoms with Crippen molar-refractivity contribution >= 4 is 27.6 Å². The summed E-state index contributed by atoms with van der Waals surface area (Å²) >= 11 is 0. The first-order valence-electron chi connectivity index (χ1n) is 13.6. The van der Waals surface area contributed by atoms with Crippen LogP contribution in [0.1, 0.15) is 64.2 Å². The number of nitrogens with one attached hydrogen (secondary N) is 2. The maximum absolute atomic E-state index is 14.0. The molecular weight excluding hydrogens is 524 g/mol. The van der Waals surface area contributed by atoms with Crippen molar-refractivity contribution in [1.29, 1.82) is 0 Å². The van der Waals surface area contributed by atoms with Crippen LogP contribution in [-0.2, 0) is 14.8 Å². The maximum Gasteiger partial charge on any atom is 0.319 e. The Bertz CT molecular complexity index is 1070. The lowest BCUT2D eigenvalue weighted by Gasteiger charge is -2.35. The zero-order valence-electron chi connectivity index (χ0n) is 24.3. The van der Waals surface area contributed by atoms with Crippen LogP contribution in [0.25, 0.3) is 0 Å². The number of ether oxygens (including phenoxy) is 2. The van der Waals surface area contributed by atoms with Gasteiger partial charge in [0.05, 0.1) is 36.7 Å². The van der Waals surface area contributed by atoms with Crippen molar-refractivity contribution in [2.24, 2.45) is 5.92 Å². The topological polar surface area (TPSA) is 138 Å². The monoisotopic (exact) mass is 570 g/mol. The minimum atomic E-state index is -3.43. The Hall–Kier alpha value is -2.41. The fraction of sp³-hybridized carbons (Fsp3) is 0.704. The highest BCUT2D eigenvalue weighted by Gasteiger charge is 2.31. The normalized spacial score (nSPS) is 22.6. The summed E-state index contributed by atoms with van der Waals surface area (Å²) in [7, 11) is -1.92.